The van der Waals surface area contributed by atoms with Gasteiger partial charge in [0.2, 0.25) is 0 Å². The smallest absolute Gasteiger partial charge is 0.00132 e. The summed E-state index contributed by atoms with van der Waals surface area (Å²) in [5.41, 5.74) is 0.662. The lowest BCUT2D eigenvalue weighted by Crippen LogP contribution is -2.41. The maximum Gasteiger partial charge on any atom is 0.00132 e. The molecule has 0 aliphatic heterocycles. The van der Waals surface area contributed by atoms with Crippen molar-refractivity contribution in [1.29, 1.82) is 0 Å². The van der Waals surface area contributed by atoms with Gasteiger partial charge in [0.1, 0.15) is 0 Å². The molecule has 0 aromatic rings. The standard InChI is InChI=1S/C15H29NS/c1-4-17-8-7-15(11-16-12(2)3)10-13-5-6-14(15)9-13/h12-14,16H,4-11H2,1-3H3. The van der Waals surface area contributed by atoms with E-state index >= 15 is 0 Å². The number of thioether (sulfide) groups is 1. The first-order chi connectivity index (χ1) is 8.16. The quantitative estimate of drug-likeness (QED) is 0.692. The van der Waals surface area contributed by atoms with Gasteiger partial charge < -0.3 is 5.32 Å². The number of nitrogens with one attached hydrogen (secondary N) is 1. The number of rotatable bonds is 7. The maximum absolute atomic E-state index is 3.73. The molecule has 2 saturated carbocycles. The van der Waals surface area contributed by atoms with Crippen LogP contribution in [0.2, 0.25) is 0 Å². The molecule has 2 fully saturated rings. The van der Waals surface area contributed by atoms with Crippen LogP contribution in [0.3, 0.4) is 0 Å². The van der Waals surface area contributed by atoms with E-state index in [9.17, 15) is 0 Å². The Morgan fingerprint density at radius 2 is 2.18 bits per heavy atom. The van der Waals surface area contributed by atoms with Gasteiger partial charge in [-0.1, -0.05) is 27.2 Å². The van der Waals surface area contributed by atoms with Gasteiger partial charge in [-0.25, -0.2) is 0 Å². The fraction of sp³-hybridized carbons (Fsp3) is 1.00. The second-order valence-electron chi connectivity index (χ2n) is 6.43. The van der Waals surface area contributed by atoms with Crippen molar-refractivity contribution in [3.8, 4) is 0 Å². The number of hydrogen-bond donors (Lipinski definition) is 1. The lowest BCUT2D eigenvalue weighted by Gasteiger charge is -2.39. The molecule has 2 aliphatic carbocycles. The first-order valence-corrected chi connectivity index (χ1v) is 8.63. The van der Waals surface area contributed by atoms with E-state index in [1.807, 2.05) is 0 Å². The molecule has 2 bridgehead atoms. The molecule has 0 aromatic carbocycles. The van der Waals surface area contributed by atoms with Gasteiger partial charge in [-0.3, -0.25) is 0 Å². The number of fused-ring (bicyclic) bond motifs is 2. The van der Waals surface area contributed by atoms with Crippen molar-refractivity contribution in [2.24, 2.45) is 17.3 Å². The summed E-state index contributed by atoms with van der Waals surface area (Å²) in [6.45, 7) is 8.12. The van der Waals surface area contributed by atoms with Gasteiger partial charge in [0, 0.05) is 12.6 Å². The first-order valence-electron chi connectivity index (χ1n) is 7.47. The summed E-state index contributed by atoms with van der Waals surface area (Å²) in [4.78, 5) is 0. The Bertz CT molecular complexity index is 241. The molecule has 0 amide bonds. The highest BCUT2D eigenvalue weighted by Gasteiger charge is 2.49. The molecule has 2 aliphatic rings. The normalized spacial score (nSPS) is 36.0. The Balaban J connectivity index is 1.92. The van der Waals surface area contributed by atoms with Crippen LogP contribution in [0, 0.1) is 17.3 Å². The zero-order valence-electron chi connectivity index (χ0n) is 11.8. The van der Waals surface area contributed by atoms with E-state index in [4.69, 9.17) is 0 Å². The van der Waals surface area contributed by atoms with E-state index in [-0.39, 0.29) is 0 Å². The van der Waals surface area contributed by atoms with E-state index in [1.54, 1.807) is 0 Å². The van der Waals surface area contributed by atoms with Gasteiger partial charge in [0.15, 0.2) is 0 Å². The van der Waals surface area contributed by atoms with Crippen LogP contribution in [0.1, 0.15) is 52.9 Å². The van der Waals surface area contributed by atoms with E-state index in [2.05, 4.69) is 37.8 Å². The van der Waals surface area contributed by atoms with Crippen molar-refractivity contribution in [3.63, 3.8) is 0 Å². The molecule has 0 heterocycles. The van der Waals surface area contributed by atoms with Crippen LogP contribution in [0.5, 0.6) is 0 Å². The highest BCUT2D eigenvalue weighted by molar-refractivity contribution is 7.99. The SMILES string of the molecule is CCSCCC1(CNC(C)C)CC2CCC1C2. The van der Waals surface area contributed by atoms with Gasteiger partial charge in [-0.15, -0.1) is 0 Å². The predicted molar refractivity (Wildman–Crippen MR) is 78.6 cm³/mol. The minimum Gasteiger partial charge on any atom is -0.314 e. The zero-order chi connectivity index (χ0) is 12.3. The van der Waals surface area contributed by atoms with E-state index < -0.39 is 0 Å². The summed E-state index contributed by atoms with van der Waals surface area (Å²) in [6.07, 6.45) is 7.54. The van der Waals surface area contributed by atoms with E-state index in [0.29, 0.717) is 11.5 Å². The molecule has 0 spiro atoms. The van der Waals surface area contributed by atoms with E-state index in [1.165, 1.54) is 50.2 Å². The molecule has 17 heavy (non-hydrogen) atoms. The third kappa shape index (κ3) is 3.20. The average molecular weight is 255 g/mol. The third-order valence-electron chi connectivity index (χ3n) is 4.91. The van der Waals surface area contributed by atoms with Gasteiger partial charge in [0.25, 0.3) is 0 Å². The van der Waals surface area contributed by atoms with Crippen LogP contribution in [0.25, 0.3) is 0 Å². The van der Waals surface area contributed by atoms with Crippen molar-refractivity contribution >= 4 is 11.8 Å². The van der Waals surface area contributed by atoms with Gasteiger partial charge in [0.05, 0.1) is 0 Å². The minimum atomic E-state index is 0.643. The molecule has 3 unspecified atom stereocenters. The molecule has 2 rings (SSSR count). The molecule has 0 aromatic heterocycles. The fourth-order valence-electron chi connectivity index (χ4n) is 4.00. The second kappa shape index (κ2) is 5.97. The monoisotopic (exact) mass is 255 g/mol. The molecule has 0 radical (unpaired) electrons. The van der Waals surface area contributed by atoms with Crippen molar-refractivity contribution in [2.45, 2.75) is 58.9 Å². The molecule has 3 atom stereocenters. The molecular formula is C15H29NS. The van der Waals surface area contributed by atoms with Crippen LogP contribution in [0.15, 0.2) is 0 Å². The Morgan fingerprint density at radius 1 is 1.35 bits per heavy atom. The summed E-state index contributed by atoms with van der Waals surface area (Å²) >= 11 is 2.13. The minimum absolute atomic E-state index is 0.643. The zero-order valence-corrected chi connectivity index (χ0v) is 12.6. The van der Waals surface area contributed by atoms with Crippen LogP contribution in [-0.4, -0.2) is 24.1 Å². The Hall–Kier alpha value is 0.310. The third-order valence-corrected chi connectivity index (χ3v) is 5.81. The Kier molecular flexibility index (Phi) is 4.82. The van der Waals surface area contributed by atoms with Crippen LogP contribution in [0.4, 0.5) is 0 Å². The molecule has 2 heteroatoms. The van der Waals surface area contributed by atoms with Crippen molar-refractivity contribution in [3.05, 3.63) is 0 Å². The lowest BCUT2D eigenvalue weighted by atomic mass is 9.71. The van der Waals surface area contributed by atoms with Gasteiger partial charge in [-0.2, -0.15) is 11.8 Å². The van der Waals surface area contributed by atoms with Crippen molar-refractivity contribution in [2.75, 3.05) is 18.1 Å². The Morgan fingerprint density at radius 3 is 2.71 bits per heavy atom. The summed E-state index contributed by atoms with van der Waals surface area (Å²) in [7, 11) is 0. The first kappa shape index (κ1) is 13.7. The average Bonchev–Trinajstić information content (AvgIpc) is 2.87. The molecule has 0 saturated heterocycles. The lowest BCUT2D eigenvalue weighted by molar-refractivity contribution is 0.148. The predicted octanol–water partition coefficient (Wildman–Crippen LogP) is 3.93. The largest absolute Gasteiger partial charge is 0.314 e. The summed E-state index contributed by atoms with van der Waals surface area (Å²) in [5.74, 6) is 4.76. The molecular weight excluding hydrogens is 226 g/mol. The maximum atomic E-state index is 3.73. The van der Waals surface area contributed by atoms with Crippen LogP contribution in [-0.2, 0) is 0 Å². The second-order valence-corrected chi connectivity index (χ2v) is 7.82. The van der Waals surface area contributed by atoms with E-state index in [0.717, 1.165) is 11.8 Å². The molecule has 1 nitrogen and oxygen atoms in total. The van der Waals surface area contributed by atoms with Crippen molar-refractivity contribution < 1.29 is 0 Å². The molecule has 1 N–H and O–H groups in total. The van der Waals surface area contributed by atoms with Crippen LogP contribution < -0.4 is 5.32 Å². The van der Waals surface area contributed by atoms with Gasteiger partial charge >= 0.3 is 0 Å². The van der Waals surface area contributed by atoms with Crippen LogP contribution >= 0.6 is 11.8 Å². The fourth-order valence-corrected chi connectivity index (χ4v) is 4.84. The highest BCUT2D eigenvalue weighted by atomic mass is 32.2. The number of hydrogen-bond acceptors (Lipinski definition) is 2. The summed E-state index contributed by atoms with van der Waals surface area (Å²) < 4.78 is 0. The summed E-state index contributed by atoms with van der Waals surface area (Å²) in [6, 6.07) is 0.643. The summed E-state index contributed by atoms with van der Waals surface area (Å²) in [5, 5.41) is 3.73. The van der Waals surface area contributed by atoms with Gasteiger partial charge in [-0.05, 0) is 54.4 Å². The Labute approximate surface area is 112 Å². The highest BCUT2D eigenvalue weighted by Crippen LogP contribution is 2.57. The molecule has 100 valence electrons. The topological polar surface area (TPSA) is 12.0 Å². The van der Waals surface area contributed by atoms with Crippen molar-refractivity contribution in [1.82, 2.24) is 5.32 Å².